The number of carbonyl (C=O) groups is 6. The molecule has 0 saturated carbocycles. The van der Waals surface area contributed by atoms with E-state index < -0.39 is 68.6 Å². The van der Waals surface area contributed by atoms with Crippen LogP contribution < -0.4 is 10.1 Å². The monoisotopic (exact) mass is 518 g/mol. The molecule has 0 radical (unpaired) electrons. The predicted molar refractivity (Wildman–Crippen MR) is 118 cm³/mol. The van der Waals surface area contributed by atoms with Gasteiger partial charge in [0.2, 0.25) is 11.8 Å². The standard InChI is InChI=1S/C19H22N2O11S2/c1-9(22)21(10(2)23)15(19(27)28)17(33)16(25)13(8-34(29,30)31)20-18(26)12-6-4-5-7-14(12)32-11(3)24/h4-7,13,15,17,33H,8H2,1-3H3,(H,20,26)(H,27,28)(H,29,30,31)/t13-,15-,17-/m0/s1. The molecule has 0 heterocycles. The van der Waals surface area contributed by atoms with E-state index >= 15 is 0 Å². The van der Waals surface area contributed by atoms with Crippen molar-refractivity contribution >= 4 is 58.2 Å². The second-order valence-electron chi connectivity index (χ2n) is 6.90. The summed E-state index contributed by atoms with van der Waals surface area (Å²) in [7, 11) is -4.91. The number of ether oxygens (including phenoxy) is 1. The molecule has 3 N–H and O–H groups in total. The Morgan fingerprint density at radius 2 is 1.59 bits per heavy atom. The molecule has 0 aliphatic heterocycles. The van der Waals surface area contributed by atoms with Crippen LogP contribution in [-0.4, -0.2) is 81.5 Å². The molecule has 34 heavy (non-hydrogen) atoms. The highest BCUT2D eigenvalue weighted by Gasteiger charge is 2.43. The van der Waals surface area contributed by atoms with Gasteiger partial charge in [0, 0.05) is 20.8 Å². The van der Waals surface area contributed by atoms with Crippen LogP contribution in [0.15, 0.2) is 24.3 Å². The summed E-state index contributed by atoms with van der Waals surface area (Å²) < 4.78 is 37.1. The minimum Gasteiger partial charge on any atom is -0.480 e. The lowest BCUT2D eigenvalue weighted by molar-refractivity contribution is -0.157. The number of esters is 1. The molecule has 0 spiro atoms. The molecule has 186 valence electrons. The van der Waals surface area contributed by atoms with Crippen molar-refractivity contribution in [3.05, 3.63) is 29.8 Å². The molecule has 1 aromatic rings. The third-order valence-electron chi connectivity index (χ3n) is 4.21. The lowest BCUT2D eigenvalue weighted by atomic mass is 10.0. The Morgan fingerprint density at radius 3 is 2.03 bits per heavy atom. The number of rotatable bonds is 10. The van der Waals surface area contributed by atoms with Gasteiger partial charge in [0.15, 0.2) is 11.8 Å². The number of carbonyl (C=O) groups excluding carboxylic acids is 5. The summed E-state index contributed by atoms with van der Waals surface area (Å²) in [4.78, 5) is 72.5. The first-order valence-corrected chi connectivity index (χ1v) is 11.5. The van der Waals surface area contributed by atoms with E-state index in [1.807, 2.05) is 5.32 Å². The average Bonchev–Trinajstić information content (AvgIpc) is 2.68. The Balaban J connectivity index is 3.40. The summed E-state index contributed by atoms with van der Waals surface area (Å²) in [5.41, 5.74) is -0.287. The number of thiol groups is 1. The maximum atomic E-state index is 13.0. The average molecular weight is 519 g/mol. The highest BCUT2D eigenvalue weighted by molar-refractivity contribution is 7.85. The van der Waals surface area contributed by atoms with E-state index in [9.17, 15) is 46.8 Å². The van der Waals surface area contributed by atoms with E-state index in [2.05, 4.69) is 12.6 Å². The minimum absolute atomic E-state index is 0.226. The van der Waals surface area contributed by atoms with Gasteiger partial charge in [0.05, 0.1) is 10.8 Å². The molecule has 13 nitrogen and oxygen atoms in total. The topological polar surface area (TPSA) is 202 Å². The Morgan fingerprint density at radius 1 is 1.06 bits per heavy atom. The lowest BCUT2D eigenvalue weighted by Gasteiger charge is -2.30. The number of nitrogens with zero attached hydrogens (tertiary/aromatic N) is 1. The maximum Gasteiger partial charge on any atom is 0.328 e. The molecule has 0 aliphatic carbocycles. The zero-order valence-electron chi connectivity index (χ0n) is 18.1. The molecule has 0 aliphatic rings. The van der Waals surface area contributed by atoms with Crippen molar-refractivity contribution < 1.29 is 51.6 Å². The number of hydrogen-bond acceptors (Lipinski definition) is 10. The van der Waals surface area contributed by atoms with Crippen molar-refractivity contribution in [1.82, 2.24) is 10.2 Å². The van der Waals surface area contributed by atoms with Gasteiger partial charge < -0.3 is 15.2 Å². The fourth-order valence-corrected chi connectivity index (χ4v) is 4.01. The third kappa shape index (κ3) is 7.93. The largest absolute Gasteiger partial charge is 0.480 e. The highest BCUT2D eigenvalue weighted by Crippen LogP contribution is 2.20. The number of imide groups is 1. The van der Waals surface area contributed by atoms with Crippen LogP contribution >= 0.6 is 12.6 Å². The summed E-state index contributed by atoms with van der Waals surface area (Å²) in [6.07, 6.45) is 0. The predicted octanol–water partition coefficient (Wildman–Crippen LogP) is -0.686. The molecule has 15 heteroatoms. The molecular weight excluding hydrogens is 496 g/mol. The van der Waals surface area contributed by atoms with Crippen LogP contribution in [0.3, 0.4) is 0 Å². The molecule has 0 unspecified atom stereocenters. The van der Waals surface area contributed by atoms with E-state index in [0.29, 0.717) is 0 Å². The summed E-state index contributed by atoms with van der Waals surface area (Å²) >= 11 is 3.88. The molecule has 1 aromatic carbocycles. The normalized spacial score (nSPS) is 13.7. The molecule has 0 saturated heterocycles. The zero-order valence-corrected chi connectivity index (χ0v) is 19.8. The van der Waals surface area contributed by atoms with Crippen LogP contribution in [-0.2, 0) is 34.1 Å². The van der Waals surface area contributed by atoms with Crippen molar-refractivity contribution in [1.29, 1.82) is 0 Å². The van der Waals surface area contributed by atoms with E-state index in [4.69, 9.17) is 4.74 Å². The molecular formula is C19H22N2O11S2. The van der Waals surface area contributed by atoms with E-state index in [1.165, 1.54) is 24.3 Å². The number of carboxylic acid groups (broad SMARTS) is 1. The number of hydrogen-bond donors (Lipinski definition) is 4. The number of nitrogens with one attached hydrogen (secondary N) is 1. The van der Waals surface area contributed by atoms with Crippen molar-refractivity contribution in [3.8, 4) is 5.75 Å². The van der Waals surface area contributed by atoms with E-state index in [0.717, 1.165) is 20.8 Å². The second kappa shape index (κ2) is 11.7. The van der Waals surface area contributed by atoms with Gasteiger partial charge in [0.1, 0.15) is 17.5 Å². The number of aliphatic carboxylic acids is 1. The number of para-hydroxylation sites is 1. The van der Waals surface area contributed by atoms with Gasteiger partial charge in [0.25, 0.3) is 16.0 Å². The van der Waals surface area contributed by atoms with Gasteiger partial charge in [-0.2, -0.15) is 21.0 Å². The zero-order chi connectivity index (χ0) is 26.4. The molecule has 0 fully saturated rings. The first-order valence-electron chi connectivity index (χ1n) is 9.35. The van der Waals surface area contributed by atoms with Crippen LogP contribution in [0.4, 0.5) is 0 Å². The first kappa shape index (κ1) is 28.7. The summed E-state index contributed by atoms with van der Waals surface area (Å²) in [6, 6.07) is 1.03. The van der Waals surface area contributed by atoms with Gasteiger partial charge in [-0.1, -0.05) is 12.1 Å². The quantitative estimate of drug-likeness (QED) is 0.132. The van der Waals surface area contributed by atoms with Gasteiger partial charge in [-0.25, -0.2) is 4.79 Å². The van der Waals surface area contributed by atoms with Crippen LogP contribution in [0.2, 0.25) is 0 Å². The molecule has 3 atom stereocenters. The van der Waals surface area contributed by atoms with Gasteiger partial charge in [-0.3, -0.25) is 33.4 Å². The van der Waals surface area contributed by atoms with Crippen LogP contribution in [0.1, 0.15) is 31.1 Å². The Labute approximate surface area is 199 Å². The van der Waals surface area contributed by atoms with Crippen molar-refractivity contribution in [2.75, 3.05) is 5.75 Å². The summed E-state index contributed by atoms with van der Waals surface area (Å²) in [6.45, 7) is 2.80. The number of ketones is 1. The van der Waals surface area contributed by atoms with Crippen LogP contribution in [0.5, 0.6) is 5.75 Å². The summed E-state index contributed by atoms with van der Waals surface area (Å²) in [5.74, 6) is -8.70. The van der Waals surface area contributed by atoms with Crippen molar-refractivity contribution in [2.24, 2.45) is 0 Å². The fraction of sp³-hybridized carbons (Fsp3) is 0.368. The van der Waals surface area contributed by atoms with E-state index in [-0.39, 0.29) is 16.2 Å². The Kier molecular flexibility index (Phi) is 9.90. The number of Topliss-reactive ketones (excluding diaryl/α,β-unsaturated/α-hetero) is 1. The van der Waals surface area contributed by atoms with Crippen LogP contribution in [0, 0.1) is 0 Å². The number of benzene rings is 1. The number of carboxylic acids is 1. The maximum absolute atomic E-state index is 13.0. The molecule has 0 bridgehead atoms. The van der Waals surface area contributed by atoms with Gasteiger partial charge >= 0.3 is 11.9 Å². The molecule has 3 amide bonds. The first-order chi connectivity index (χ1) is 15.6. The van der Waals surface area contributed by atoms with Crippen LogP contribution in [0.25, 0.3) is 0 Å². The second-order valence-corrected chi connectivity index (χ2v) is 8.96. The highest BCUT2D eigenvalue weighted by atomic mass is 32.2. The summed E-state index contributed by atoms with van der Waals surface area (Å²) in [5, 5.41) is 9.53. The van der Waals surface area contributed by atoms with Gasteiger partial charge in [-0.05, 0) is 12.1 Å². The minimum atomic E-state index is -4.91. The Bertz CT molecular complexity index is 1100. The van der Waals surface area contributed by atoms with Gasteiger partial charge in [-0.15, -0.1) is 0 Å². The number of amides is 3. The fourth-order valence-electron chi connectivity index (χ4n) is 2.90. The molecule has 0 aromatic heterocycles. The molecule has 1 rings (SSSR count). The lowest BCUT2D eigenvalue weighted by Crippen LogP contribution is -2.58. The van der Waals surface area contributed by atoms with Crippen molar-refractivity contribution in [3.63, 3.8) is 0 Å². The van der Waals surface area contributed by atoms with Crippen molar-refractivity contribution in [2.45, 2.75) is 38.1 Å². The smallest absolute Gasteiger partial charge is 0.328 e. The third-order valence-corrected chi connectivity index (χ3v) is 5.50. The Hall–Kier alpha value is -3.30. The SMILES string of the molecule is CC(=O)Oc1ccccc1C(=O)N[C@@H](CS(=O)(=O)O)C(=O)[C@@H](S)[C@@H](C(=O)O)N(C(C)=O)C(C)=O. The van der Waals surface area contributed by atoms with E-state index in [1.54, 1.807) is 0 Å².